The molecule has 32 heavy (non-hydrogen) atoms. The molecule has 2 aromatic carbocycles. The van der Waals surface area contributed by atoms with E-state index in [0.29, 0.717) is 11.1 Å². The largest absolute Gasteiger partial charge is 0.405 e. The van der Waals surface area contributed by atoms with Gasteiger partial charge >= 0.3 is 6.18 Å². The Kier molecular flexibility index (Phi) is 6.92. The van der Waals surface area contributed by atoms with Gasteiger partial charge in [-0.2, -0.15) is 13.2 Å². The van der Waals surface area contributed by atoms with Crippen molar-refractivity contribution >= 4 is 63.9 Å². The minimum Gasteiger partial charge on any atom is -0.343 e. The van der Waals surface area contributed by atoms with Crippen LogP contribution in [0.1, 0.15) is 27.4 Å². The molecule has 172 valence electrons. The van der Waals surface area contributed by atoms with E-state index in [1.54, 1.807) is 5.32 Å². The van der Waals surface area contributed by atoms with E-state index >= 15 is 0 Å². The Morgan fingerprint density at radius 1 is 1.12 bits per heavy atom. The molecule has 12 heteroatoms. The number of anilines is 1. The number of rotatable bonds is 5. The van der Waals surface area contributed by atoms with Gasteiger partial charge in [0.05, 0.1) is 21.5 Å². The third kappa shape index (κ3) is 5.25. The quantitative estimate of drug-likeness (QED) is 0.353. The molecule has 0 spiro atoms. The molecule has 2 aromatic rings. The van der Waals surface area contributed by atoms with Crippen molar-refractivity contribution in [3.05, 3.63) is 62.9 Å². The highest BCUT2D eigenvalue weighted by atomic mass is 35.5. The van der Waals surface area contributed by atoms with E-state index in [9.17, 15) is 27.2 Å². The number of halogens is 8. The van der Waals surface area contributed by atoms with Crippen LogP contribution >= 0.6 is 46.4 Å². The molecule has 0 heterocycles. The fourth-order valence-electron chi connectivity index (χ4n) is 3.28. The van der Waals surface area contributed by atoms with Gasteiger partial charge < -0.3 is 10.6 Å². The Bertz CT molecular complexity index is 1090. The summed E-state index contributed by atoms with van der Waals surface area (Å²) >= 11 is 24.4. The average Bonchev–Trinajstić information content (AvgIpc) is 3.26. The molecule has 0 bridgehead atoms. The van der Waals surface area contributed by atoms with Crippen LogP contribution in [0.3, 0.4) is 0 Å². The topological polar surface area (TPSA) is 58.2 Å². The average molecular weight is 532 g/mol. The summed E-state index contributed by atoms with van der Waals surface area (Å²) in [5, 5.41) is 4.06. The van der Waals surface area contributed by atoms with E-state index in [4.69, 9.17) is 46.4 Å². The number of aryl methyl sites for hydroxylation is 1. The zero-order chi connectivity index (χ0) is 24.0. The predicted molar refractivity (Wildman–Crippen MR) is 115 cm³/mol. The Morgan fingerprint density at radius 2 is 1.78 bits per heavy atom. The second kappa shape index (κ2) is 8.89. The van der Waals surface area contributed by atoms with Crippen molar-refractivity contribution in [1.29, 1.82) is 0 Å². The van der Waals surface area contributed by atoms with Crippen LogP contribution in [0.4, 0.5) is 23.2 Å². The van der Waals surface area contributed by atoms with E-state index in [1.165, 1.54) is 25.1 Å². The minimum absolute atomic E-state index is 0.0584. The zero-order valence-corrected chi connectivity index (χ0v) is 19.1. The molecule has 2 N–H and O–H groups in total. The standard InChI is InChI=1S/C20H14Cl4F4N2O2/c1-8-4-10(6-11(16(8)22)17(31)29-7-19(26,27)28)30-18(32)15-14(20(15,23)24)9-2-3-13(25)12(21)5-9/h2-6,14-15H,7H2,1H3,(H,29,31)(H,30,32). The molecule has 4 nitrogen and oxygen atoms in total. The van der Waals surface area contributed by atoms with Gasteiger partial charge in [0.1, 0.15) is 16.7 Å². The summed E-state index contributed by atoms with van der Waals surface area (Å²) in [7, 11) is 0. The molecule has 0 aromatic heterocycles. The van der Waals surface area contributed by atoms with E-state index in [1.807, 2.05) is 0 Å². The highest BCUT2D eigenvalue weighted by Crippen LogP contribution is 2.65. The second-order valence-corrected chi connectivity index (χ2v) is 9.47. The highest BCUT2D eigenvalue weighted by Gasteiger charge is 2.67. The van der Waals surface area contributed by atoms with Gasteiger partial charge in [0.25, 0.3) is 5.91 Å². The van der Waals surface area contributed by atoms with Crippen molar-refractivity contribution in [3.8, 4) is 0 Å². The molecule has 2 atom stereocenters. The first-order valence-corrected chi connectivity index (χ1v) is 10.5. The summed E-state index contributed by atoms with van der Waals surface area (Å²) in [4.78, 5) is 24.9. The monoisotopic (exact) mass is 530 g/mol. The Labute approximate surface area is 200 Å². The summed E-state index contributed by atoms with van der Waals surface area (Å²) < 4.78 is 49.1. The fraction of sp³-hybridized carbons (Fsp3) is 0.300. The number of nitrogens with one attached hydrogen (secondary N) is 2. The van der Waals surface area contributed by atoms with Gasteiger partial charge in [-0.3, -0.25) is 9.59 Å². The second-order valence-electron chi connectivity index (χ2n) is 7.25. The van der Waals surface area contributed by atoms with Crippen LogP contribution in [-0.2, 0) is 4.79 Å². The summed E-state index contributed by atoms with van der Waals surface area (Å²) in [6.45, 7) is -0.0187. The van der Waals surface area contributed by atoms with Crippen molar-refractivity contribution < 1.29 is 27.2 Å². The number of benzene rings is 2. The van der Waals surface area contributed by atoms with Crippen molar-refractivity contribution in [3.63, 3.8) is 0 Å². The first kappa shape index (κ1) is 24.9. The molecule has 1 saturated carbocycles. The molecular formula is C20H14Cl4F4N2O2. The van der Waals surface area contributed by atoms with E-state index in [0.717, 1.165) is 12.1 Å². The van der Waals surface area contributed by atoms with Gasteiger partial charge in [0.2, 0.25) is 5.91 Å². The molecule has 0 saturated heterocycles. The Hall–Kier alpha value is -1.74. The zero-order valence-electron chi connectivity index (χ0n) is 16.1. The van der Waals surface area contributed by atoms with Crippen LogP contribution < -0.4 is 10.6 Å². The van der Waals surface area contributed by atoms with Gasteiger partial charge in [0.15, 0.2) is 0 Å². The van der Waals surface area contributed by atoms with Crippen molar-refractivity contribution in [2.75, 3.05) is 11.9 Å². The summed E-state index contributed by atoms with van der Waals surface area (Å²) in [5.41, 5.74) is 0.677. The van der Waals surface area contributed by atoms with Crippen LogP contribution in [0.15, 0.2) is 30.3 Å². The highest BCUT2D eigenvalue weighted by molar-refractivity contribution is 6.53. The molecule has 3 rings (SSSR count). The van der Waals surface area contributed by atoms with E-state index in [-0.39, 0.29) is 21.3 Å². The van der Waals surface area contributed by atoms with Crippen LogP contribution in [0.5, 0.6) is 0 Å². The van der Waals surface area contributed by atoms with E-state index in [2.05, 4.69) is 5.32 Å². The molecule has 0 radical (unpaired) electrons. The molecule has 1 fully saturated rings. The normalized spacial score (nSPS) is 19.4. The molecule has 2 amide bonds. The summed E-state index contributed by atoms with van der Waals surface area (Å²) in [6, 6.07) is 6.45. The maximum atomic E-state index is 13.4. The van der Waals surface area contributed by atoms with Gasteiger partial charge in [-0.05, 0) is 42.3 Å². The summed E-state index contributed by atoms with van der Waals surface area (Å²) in [6.07, 6.45) is -4.60. The lowest BCUT2D eigenvalue weighted by molar-refractivity contribution is -0.123. The number of amides is 2. The SMILES string of the molecule is Cc1cc(NC(=O)C2C(c3ccc(F)c(Cl)c3)C2(Cl)Cl)cc(C(=O)NCC(F)(F)F)c1Cl. The van der Waals surface area contributed by atoms with Crippen molar-refractivity contribution in [2.24, 2.45) is 5.92 Å². The molecular weight excluding hydrogens is 518 g/mol. The Morgan fingerprint density at radius 3 is 2.38 bits per heavy atom. The summed E-state index contributed by atoms with van der Waals surface area (Å²) in [5.74, 6) is -3.90. The molecule has 1 aliphatic carbocycles. The molecule has 2 unspecified atom stereocenters. The molecule has 1 aliphatic rings. The minimum atomic E-state index is -4.60. The maximum Gasteiger partial charge on any atom is 0.405 e. The van der Waals surface area contributed by atoms with Crippen molar-refractivity contribution in [2.45, 2.75) is 23.4 Å². The van der Waals surface area contributed by atoms with Crippen LogP contribution in [0.25, 0.3) is 0 Å². The third-order valence-corrected chi connectivity index (χ3v) is 6.59. The smallest absolute Gasteiger partial charge is 0.343 e. The number of carbonyl (C=O) groups excluding carboxylic acids is 2. The van der Waals surface area contributed by atoms with E-state index < -0.39 is 46.5 Å². The first-order chi connectivity index (χ1) is 14.7. The van der Waals surface area contributed by atoms with Crippen LogP contribution in [-0.4, -0.2) is 28.9 Å². The maximum absolute atomic E-state index is 13.4. The third-order valence-electron chi connectivity index (χ3n) is 4.85. The molecule has 0 aliphatic heterocycles. The van der Waals surface area contributed by atoms with Gasteiger partial charge in [-0.1, -0.05) is 29.3 Å². The number of hydrogen-bond acceptors (Lipinski definition) is 2. The Balaban J connectivity index is 1.79. The predicted octanol–water partition coefficient (Wildman–Crippen LogP) is 6.26. The van der Waals surface area contributed by atoms with Crippen molar-refractivity contribution in [1.82, 2.24) is 5.32 Å². The fourth-order valence-corrected chi connectivity index (χ4v) is 4.49. The number of hydrogen-bond donors (Lipinski definition) is 2. The lowest BCUT2D eigenvalue weighted by atomic mass is 10.1. The van der Waals surface area contributed by atoms with Gasteiger partial charge in [0, 0.05) is 11.6 Å². The first-order valence-electron chi connectivity index (χ1n) is 9.01. The lowest BCUT2D eigenvalue weighted by Gasteiger charge is -2.13. The number of alkyl halides is 5. The van der Waals surface area contributed by atoms with Crippen LogP contribution in [0, 0.1) is 18.7 Å². The van der Waals surface area contributed by atoms with Gasteiger partial charge in [-0.15, -0.1) is 23.2 Å². The lowest BCUT2D eigenvalue weighted by Crippen LogP contribution is -2.34. The number of carbonyl (C=O) groups is 2. The van der Waals surface area contributed by atoms with Crippen LogP contribution in [0.2, 0.25) is 10.0 Å². The van der Waals surface area contributed by atoms with Gasteiger partial charge in [-0.25, -0.2) is 4.39 Å².